The Balaban J connectivity index is 2.59. The van der Waals surface area contributed by atoms with Gasteiger partial charge in [-0.1, -0.05) is 30.3 Å². The zero-order valence-corrected chi connectivity index (χ0v) is 10.5. The van der Waals surface area contributed by atoms with Crippen LogP contribution in [0.3, 0.4) is 0 Å². The van der Waals surface area contributed by atoms with Gasteiger partial charge in [0.15, 0.2) is 0 Å². The van der Waals surface area contributed by atoms with Crippen LogP contribution in [-0.2, 0) is 12.7 Å². The SMILES string of the molecule is Cc1ccc(-c2ccccc2C(F)(F)F)cc1CN. The van der Waals surface area contributed by atoms with Crippen LogP contribution in [0, 0.1) is 6.92 Å². The molecule has 2 aromatic rings. The molecule has 0 saturated carbocycles. The van der Waals surface area contributed by atoms with Crippen molar-refractivity contribution in [2.75, 3.05) is 0 Å². The third-order valence-electron chi connectivity index (χ3n) is 3.11. The molecule has 0 radical (unpaired) electrons. The molecule has 0 heterocycles. The van der Waals surface area contributed by atoms with Gasteiger partial charge in [0.2, 0.25) is 0 Å². The zero-order valence-electron chi connectivity index (χ0n) is 10.5. The number of hydrogen-bond donors (Lipinski definition) is 1. The minimum absolute atomic E-state index is 0.185. The number of nitrogens with two attached hydrogens (primary N) is 1. The van der Waals surface area contributed by atoms with Crippen LogP contribution in [0.15, 0.2) is 42.5 Å². The molecule has 0 aliphatic heterocycles. The predicted molar refractivity (Wildman–Crippen MR) is 69.5 cm³/mol. The van der Waals surface area contributed by atoms with Gasteiger partial charge in [0.1, 0.15) is 0 Å². The van der Waals surface area contributed by atoms with Gasteiger partial charge in [-0.15, -0.1) is 0 Å². The summed E-state index contributed by atoms with van der Waals surface area (Å²) in [6.07, 6.45) is -4.36. The van der Waals surface area contributed by atoms with Crippen LogP contribution in [-0.4, -0.2) is 0 Å². The van der Waals surface area contributed by atoms with E-state index in [1.54, 1.807) is 24.3 Å². The van der Waals surface area contributed by atoms with Crippen molar-refractivity contribution >= 4 is 0 Å². The molecule has 1 nitrogen and oxygen atoms in total. The standard InChI is InChI=1S/C15H14F3N/c1-10-6-7-11(8-12(10)9-19)13-4-2-3-5-14(13)15(16,17)18/h2-8H,9,19H2,1H3. The molecule has 0 aliphatic carbocycles. The fourth-order valence-electron chi connectivity index (χ4n) is 2.04. The van der Waals surface area contributed by atoms with Gasteiger partial charge in [-0.3, -0.25) is 0 Å². The highest BCUT2D eigenvalue weighted by Gasteiger charge is 2.33. The van der Waals surface area contributed by atoms with E-state index in [9.17, 15) is 13.2 Å². The minimum atomic E-state index is -4.36. The maximum atomic E-state index is 13.0. The van der Waals surface area contributed by atoms with E-state index in [-0.39, 0.29) is 5.56 Å². The van der Waals surface area contributed by atoms with Crippen molar-refractivity contribution in [2.45, 2.75) is 19.6 Å². The Bertz CT molecular complexity index is 588. The van der Waals surface area contributed by atoms with Gasteiger partial charge < -0.3 is 5.73 Å². The molecule has 0 spiro atoms. The molecular weight excluding hydrogens is 251 g/mol. The van der Waals surface area contributed by atoms with Crippen molar-refractivity contribution in [3.05, 3.63) is 59.2 Å². The Morgan fingerprint density at radius 3 is 2.37 bits per heavy atom. The average Bonchev–Trinajstić information content (AvgIpc) is 2.38. The molecule has 0 amide bonds. The first-order valence-corrected chi connectivity index (χ1v) is 5.89. The summed E-state index contributed by atoms with van der Waals surface area (Å²) in [6.45, 7) is 2.20. The number of alkyl halides is 3. The monoisotopic (exact) mass is 265 g/mol. The molecule has 0 unspecified atom stereocenters. The summed E-state index contributed by atoms with van der Waals surface area (Å²) in [4.78, 5) is 0. The second-order valence-electron chi connectivity index (χ2n) is 4.39. The van der Waals surface area contributed by atoms with Crippen LogP contribution in [0.25, 0.3) is 11.1 Å². The molecule has 100 valence electrons. The van der Waals surface area contributed by atoms with Crippen LogP contribution in [0.5, 0.6) is 0 Å². The van der Waals surface area contributed by atoms with Gasteiger partial charge in [-0.2, -0.15) is 13.2 Å². The van der Waals surface area contributed by atoms with Gasteiger partial charge in [0.25, 0.3) is 0 Å². The van der Waals surface area contributed by atoms with Gasteiger partial charge in [0, 0.05) is 6.54 Å². The van der Waals surface area contributed by atoms with Crippen LogP contribution < -0.4 is 5.73 Å². The Morgan fingerprint density at radius 2 is 1.74 bits per heavy atom. The zero-order chi connectivity index (χ0) is 14.0. The van der Waals surface area contributed by atoms with Gasteiger partial charge in [-0.25, -0.2) is 0 Å². The molecule has 0 aromatic heterocycles. The molecule has 0 bridgehead atoms. The molecule has 2 rings (SSSR count). The van der Waals surface area contributed by atoms with Crippen molar-refractivity contribution in [3.8, 4) is 11.1 Å². The van der Waals surface area contributed by atoms with Crippen molar-refractivity contribution < 1.29 is 13.2 Å². The van der Waals surface area contributed by atoms with Crippen molar-refractivity contribution in [2.24, 2.45) is 5.73 Å². The van der Waals surface area contributed by atoms with E-state index in [1.807, 2.05) is 6.92 Å². The highest BCUT2D eigenvalue weighted by Crippen LogP contribution is 2.37. The van der Waals surface area contributed by atoms with E-state index in [0.29, 0.717) is 12.1 Å². The summed E-state index contributed by atoms with van der Waals surface area (Å²) in [6, 6.07) is 10.8. The number of hydrogen-bond acceptors (Lipinski definition) is 1. The summed E-state index contributed by atoms with van der Waals surface area (Å²) in [5.74, 6) is 0. The summed E-state index contributed by atoms with van der Waals surface area (Å²) in [5, 5.41) is 0. The fraction of sp³-hybridized carbons (Fsp3) is 0.200. The maximum Gasteiger partial charge on any atom is 0.417 e. The van der Waals surface area contributed by atoms with Crippen LogP contribution >= 0.6 is 0 Å². The van der Waals surface area contributed by atoms with E-state index in [1.165, 1.54) is 12.1 Å². The Kier molecular flexibility index (Phi) is 3.62. The van der Waals surface area contributed by atoms with Gasteiger partial charge in [-0.05, 0) is 41.3 Å². The number of benzene rings is 2. The lowest BCUT2D eigenvalue weighted by atomic mass is 9.96. The van der Waals surface area contributed by atoms with Gasteiger partial charge in [0.05, 0.1) is 5.56 Å². The second kappa shape index (κ2) is 5.05. The van der Waals surface area contributed by atoms with Crippen molar-refractivity contribution in [1.29, 1.82) is 0 Å². The lowest BCUT2D eigenvalue weighted by molar-refractivity contribution is -0.137. The first kappa shape index (κ1) is 13.6. The summed E-state index contributed by atoms with van der Waals surface area (Å²) < 4.78 is 38.9. The molecule has 0 atom stereocenters. The van der Waals surface area contributed by atoms with E-state index >= 15 is 0 Å². The summed E-state index contributed by atoms with van der Waals surface area (Å²) in [7, 11) is 0. The highest BCUT2D eigenvalue weighted by molar-refractivity contribution is 5.69. The Hall–Kier alpha value is -1.81. The van der Waals surface area contributed by atoms with Crippen LogP contribution in [0.1, 0.15) is 16.7 Å². The third kappa shape index (κ3) is 2.79. The predicted octanol–water partition coefficient (Wildman–Crippen LogP) is 4.14. The van der Waals surface area contributed by atoms with Crippen LogP contribution in [0.4, 0.5) is 13.2 Å². The van der Waals surface area contributed by atoms with Gasteiger partial charge >= 0.3 is 6.18 Å². The quantitative estimate of drug-likeness (QED) is 0.867. The molecule has 19 heavy (non-hydrogen) atoms. The number of halogens is 3. The summed E-state index contributed by atoms with van der Waals surface area (Å²) in [5.41, 5.74) is 7.54. The lowest BCUT2D eigenvalue weighted by Gasteiger charge is -2.14. The molecular formula is C15H14F3N. The molecule has 2 N–H and O–H groups in total. The van der Waals surface area contributed by atoms with Crippen LogP contribution in [0.2, 0.25) is 0 Å². The topological polar surface area (TPSA) is 26.0 Å². The summed E-state index contributed by atoms with van der Waals surface area (Å²) >= 11 is 0. The minimum Gasteiger partial charge on any atom is -0.326 e. The average molecular weight is 265 g/mol. The largest absolute Gasteiger partial charge is 0.417 e. The van der Waals surface area contributed by atoms with E-state index in [0.717, 1.165) is 17.2 Å². The smallest absolute Gasteiger partial charge is 0.326 e. The Labute approximate surface area is 109 Å². The number of rotatable bonds is 2. The first-order valence-electron chi connectivity index (χ1n) is 5.89. The molecule has 4 heteroatoms. The third-order valence-corrected chi connectivity index (χ3v) is 3.11. The number of aryl methyl sites for hydroxylation is 1. The second-order valence-corrected chi connectivity index (χ2v) is 4.39. The Morgan fingerprint density at radius 1 is 1.05 bits per heavy atom. The maximum absolute atomic E-state index is 13.0. The molecule has 0 fully saturated rings. The van der Waals surface area contributed by atoms with E-state index in [4.69, 9.17) is 5.73 Å². The van der Waals surface area contributed by atoms with E-state index < -0.39 is 11.7 Å². The molecule has 0 saturated heterocycles. The lowest BCUT2D eigenvalue weighted by Crippen LogP contribution is -2.07. The fourth-order valence-corrected chi connectivity index (χ4v) is 2.04. The first-order chi connectivity index (χ1) is 8.93. The molecule has 0 aliphatic rings. The van der Waals surface area contributed by atoms with Crippen molar-refractivity contribution in [1.82, 2.24) is 0 Å². The van der Waals surface area contributed by atoms with E-state index in [2.05, 4.69) is 0 Å². The van der Waals surface area contributed by atoms with Crippen molar-refractivity contribution in [3.63, 3.8) is 0 Å². The highest BCUT2D eigenvalue weighted by atomic mass is 19.4. The normalized spacial score (nSPS) is 11.6. The molecule has 2 aromatic carbocycles.